The summed E-state index contributed by atoms with van der Waals surface area (Å²) in [7, 11) is 0. The monoisotopic (exact) mass is 540 g/mol. The molecule has 2 heterocycles. The summed E-state index contributed by atoms with van der Waals surface area (Å²) in [5.74, 6) is -0.208. The fraction of sp³-hybridized carbons (Fsp3) is 0.333. The van der Waals surface area contributed by atoms with E-state index in [-0.39, 0.29) is 49.9 Å². The first-order valence-electron chi connectivity index (χ1n) is 11.4. The molecule has 0 aliphatic carbocycles. The van der Waals surface area contributed by atoms with Crippen LogP contribution in [0.5, 0.6) is 11.5 Å². The molecule has 1 atom stereocenters. The number of aliphatic hydroxyl groups excluding tert-OH is 1. The van der Waals surface area contributed by atoms with Gasteiger partial charge >= 0.3 is 12.1 Å². The van der Waals surface area contributed by atoms with Crippen molar-refractivity contribution in [2.45, 2.75) is 45.7 Å². The van der Waals surface area contributed by atoms with E-state index in [1.54, 1.807) is 36.1 Å². The molecule has 0 radical (unpaired) electrons. The van der Waals surface area contributed by atoms with Crippen LogP contribution in [0.4, 0.5) is 24.7 Å². The highest BCUT2D eigenvalue weighted by atomic mass is 35.5. The molecule has 0 fully saturated rings. The van der Waals surface area contributed by atoms with Crippen molar-refractivity contribution in [2.24, 2.45) is 0 Å². The number of aromatic nitrogens is 2. The molecule has 2 aromatic carbocycles. The zero-order chi connectivity index (χ0) is 26.7. The molecule has 1 aliphatic rings. The predicted molar refractivity (Wildman–Crippen MR) is 131 cm³/mol. The minimum Gasteiger partial charge on any atom is -0.452 e. The molecule has 0 bridgehead atoms. The Labute approximate surface area is 214 Å². The Morgan fingerprint density at radius 3 is 2.43 bits per heavy atom. The van der Waals surface area contributed by atoms with Crippen LogP contribution in [0.3, 0.4) is 0 Å². The van der Waals surface area contributed by atoms with Crippen LogP contribution in [0.2, 0.25) is 5.02 Å². The van der Waals surface area contributed by atoms with Crippen molar-refractivity contribution in [3.05, 3.63) is 80.0 Å². The number of halogens is 4. The molecule has 0 saturated heterocycles. The van der Waals surface area contributed by atoms with Gasteiger partial charge in [0.2, 0.25) is 0 Å². The number of nitrogens with zero attached hydrogens (tertiary/aromatic N) is 3. The van der Waals surface area contributed by atoms with Gasteiger partial charge in [-0.05, 0) is 43.2 Å². The van der Waals surface area contributed by atoms with Crippen molar-refractivity contribution in [2.75, 3.05) is 16.8 Å². The highest BCUT2D eigenvalue weighted by Gasteiger charge is 2.37. The Morgan fingerprint density at radius 1 is 1.08 bits per heavy atom. The number of alkyl halides is 3. The molecule has 0 saturated carbocycles. The summed E-state index contributed by atoms with van der Waals surface area (Å²) in [6.07, 6.45) is -5.73. The highest BCUT2D eigenvalue weighted by Crippen LogP contribution is 2.34. The lowest BCUT2D eigenvalue weighted by Gasteiger charge is -2.27. The van der Waals surface area contributed by atoms with Gasteiger partial charge in [0.1, 0.15) is 23.0 Å². The highest BCUT2D eigenvalue weighted by molar-refractivity contribution is 6.30. The Balaban J connectivity index is 1.77. The number of anilines is 2. The summed E-state index contributed by atoms with van der Waals surface area (Å²) in [5.41, 5.74) is -0.223. The van der Waals surface area contributed by atoms with Crippen LogP contribution < -0.4 is 30.9 Å². The van der Waals surface area contributed by atoms with Crippen LogP contribution in [0, 0.1) is 0 Å². The smallest absolute Gasteiger partial charge is 0.452 e. The van der Waals surface area contributed by atoms with E-state index in [0.29, 0.717) is 5.02 Å². The van der Waals surface area contributed by atoms with Crippen LogP contribution in [-0.2, 0) is 19.6 Å². The summed E-state index contributed by atoms with van der Waals surface area (Å²) in [6, 6.07) is 11.9. The summed E-state index contributed by atoms with van der Waals surface area (Å²) >= 11 is 6.00. The van der Waals surface area contributed by atoms with Crippen LogP contribution >= 0.6 is 11.6 Å². The second-order valence-corrected chi connectivity index (χ2v) is 8.59. The molecule has 1 unspecified atom stereocenters. The van der Waals surface area contributed by atoms with Crippen LogP contribution in [0.25, 0.3) is 0 Å². The second kappa shape index (κ2) is 10.8. The average Bonchev–Trinajstić information content (AvgIpc) is 3.17. The number of fused-ring (bicyclic) bond motifs is 1. The van der Waals surface area contributed by atoms with Crippen molar-refractivity contribution in [1.29, 1.82) is 0 Å². The third kappa shape index (κ3) is 5.86. The third-order valence-corrected chi connectivity index (χ3v) is 5.90. The SMILES string of the molecule is CCn1c2c(c(=O)n(CCCO)c1=O)N(Cc1ccc(Cl)cc1)C(Oc1cccc(OC(F)(F)F)c1)N2. The van der Waals surface area contributed by atoms with Gasteiger partial charge < -0.3 is 24.8 Å². The standard InChI is InChI=1S/C24H24ClF3N4O5/c1-2-30-20-19(21(34)31(23(30)35)11-4-12-33)32(14-15-7-9-16(25)10-8-15)22(29-20)36-17-5-3-6-18(13-17)37-24(26,27)28/h3,5-10,13,22,29,33H,2,4,11-12,14H2,1H3. The molecular formula is C24H24ClF3N4O5. The maximum Gasteiger partial charge on any atom is 0.573 e. The van der Waals surface area contributed by atoms with Crippen molar-refractivity contribution >= 4 is 23.1 Å². The Bertz CT molecular complexity index is 1370. The van der Waals surface area contributed by atoms with Crippen molar-refractivity contribution in [1.82, 2.24) is 9.13 Å². The molecule has 9 nitrogen and oxygen atoms in total. The molecule has 4 rings (SSSR count). The number of ether oxygens (including phenoxy) is 2. The maximum atomic E-state index is 13.5. The zero-order valence-electron chi connectivity index (χ0n) is 19.7. The fourth-order valence-electron chi connectivity index (χ4n) is 4.04. The van der Waals surface area contributed by atoms with E-state index in [9.17, 15) is 27.9 Å². The molecule has 1 aromatic heterocycles. The average molecular weight is 541 g/mol. The molecule has 1 aliphatic heterocycles. The third-order valence-electron chi connectivity index (χ3n) is 5.64. The van der Waals surface area contributed by atoms with E-state index in [1.165, 1.54) is 16.7 Å². The molecular weight excluding hydrogens is 517 g/mol. The first-order chi connectivity index (χ1) is 17.6. The normalized spacial score (nSPS) is 14.9. The van der Waals surface area contributed by atoms with Crippen LogP contribution in [0.15, 0.2) is 58.1 Å². The second-order valence-electron chi connectivity index (χ2n) is 8.15. The van der Waals surface area contributed by atoms with Gasteiger partial charge in [-0.15, -0.1) is 13.2 Å². The lowest BCUT2D eigenvalue weighted by Crippen LogP contribution is -2.43. The first-order valence-corrected chi connectivity index (χ1v) is 11.8. The molecule has 3 aromatic rings. The molecule has 13 heteroatoms. The van der Waals surface area contributed by atoms with Gasteiger partial charge in [0.25, 0.3) is 11.9 Å². The van der Waals surface area contributed by atoms with Gasteiger partial charge in [-0.3, -0.25) is 13.9 Å². The van der Waals surface area contributed by atoms with Gasteiger partial charge in [0.05, 0.1) is 0 Å². The van der Waals surface area contributed by atoms with Crippen LogP contribution in [0.1, 0.15) is 18.9 Å². The fourth-order valence-corrected chi connectivity index (χ4v) is 4.16. The van der Waals surface area contributed by atoms with Crippen LogP contribution in [-0.4, -0.2) is 33.6 Å². The lowest BCUT2D eigenvalue weighted by atomic mass is 10.2. The largest absolute Gasteiger partial charge is 0.573 e. The predicted octanol–water partition coefficient (Wildman–Crippen LogP) is 3.76. The molecule has 198 valence electrons. The van der Waals surface area contributed by atoms with Crippen molar-refractivity contribution in [3.8, 4) is 11.5 Å². The molecule has 0 spiro atoms. The summed E-state index contributed by atoms with van der Waals surface area (Å²) in [4.78, 5) is 28.1. The number of nitrogens with one attached hydrogen (secondary N) is 1. The van der Waals surface area contributed by atoms with Gasteiger partial charge in [-0.2, -0.15) is 0 Å². The minimum absolute atomic E-state index is 0.0125. The quantitative estimate of drug-likeness (QED) is 0.426. The van der Waals surface area contributed by atoms with E-state index < -0.39 is 29.7 Å². The van der Waals surface area contributed by atoms with E-state index in [1.807, 2.05) is 0 Å². The zero-order valence-corrected chi connectivity index (χ0v) is 20.4. The number of hydrogen-bond donors (Lipinski definition) is 2. The van der Waals surface area contributed by atoms with E-state index in [0.717, 1.165) is 22.3 Å². The van der Waals surface area contributed by atoms with Gasteiger partial charge in [-0.25, -0.2) is 4.79 Å². The number of hydrogen-bond acceptors (Lipinski definition) is 7. The Morgan fingerprint density at radius 2 is 1.78 bits per heavy atom. The number of benzene rings is 2. The maximum absolute atomic E-state index is 13.5. The van der Waals surface area contributed by atoms with E-state index in [4.69, 9.17) is 16.3 Å². The summed E-state index contributed by atoms with van der Waals surface area (Å²) in [5, 5.41) is 12.8. The number of aliphatic hydroxyl groups is 1. The van der Waals surface area contributed by atoms with E-state index in [2.05, 4.69) is 10.1 Å². The van der Waals surface area contributed by atoms with Gasteiger partial charge in [0.15, 0.2) is 0 Å². The lowest BCUT2D eigenvalue weighted by molar-refractivity contribution is -0.274. The summed E-state index contributed by atoms with van der Waals surface area (Å²) in [6.45, 7) is 1.92. The molecule has 0 amide bonds. The minimum atomic E-state index is -4.88. The Kier molecular flexibility index (Phi) is 7.69. The first kappa shape index (κ1) is 26.4. The number of rotatable bonds is 9. The molecule has 2 N–H and O–H groups in total. The van der Waals surface area contributed by atoms with Gasteiger partial charge in [-0.1, -0.05) is 29.8 Å². The molecule has 37 heavy (non-hydrogen) atoms. The summed E-state index contributed by atoms with van der Waals surface area (Å²) < 4.78 is 50.5. The van der Waals surface area contributed by atoms with E-state index >= 15 is 0 Å². The Hall–Kier alpha value is -3.64. The van der Waals surface area contributed by atoms with Gasteiger partial charge in [0, 0.05) is 37.3 Å². The topological polar surface area (TPSA) is 98.0 Å². The van der Waals surface area contributed by atoms with Crippen molar-refractivity contribution in [3.63, 3.8) is 0 Å². The van der Waals surface area contributed by atoms with Crippen molar-refractivity contribution < 1.29 is 27.8 Å².